The van der Waals surface area contributed by atoms with Gasteiger partial charge in [0.2, 0.25) is 0 Å². The number of rotatable bonds is 2. The molecule has 5 rings (SSSR count). The summed E-state index contributed by atoms with van der Waals surface area (Å²) >= 11 is 0. The molecule has 0 bridgehead atoms. The third-order valence-electron chi connectivity index (χ3n) is 7.25. The lowest BCUT2D eigenvalue weighted by molar-refractivity contribution is 0.584. The lowest BCUT2D eigenvalue weighted by Gasteiger charge is -2.23. The number of nitrogens with zero attached hydrogens (tertiary/aromatic N) is 1. The normalized spacial score (nSPS) is 12.2. The van der Waals surface area contributed by atoms with E-state index in [0.717, 1.165) is 49.4 Å². The van der Waals surface area contributed by atoms with Gasteiger partial charge < -0.3 is 0 Å². The van der Waals surface area contributed by atoms with Crippen LogP contribution in [0, 0.1) is 17.1 Å². The standard InChI is InChI=1S/C35H32FN/c1-34(2,3)25-15-18-32(36)31(20-25)29-17-16-26(27-9-7-8-10-28(27)29)23-13-11-22-12-14-24(21-37)33(30(22)19-23)35(4,5)6/h7-20H,1-6H3. The van der Waals surface area contributed by atoms with Crippen LogP contribution in [0.3, 0.4) is 0 Å². The second kappa shape index (κ2) is 8.86. The van der Waals surface area contributed by atoms with Gasteiger partial charge in [0.05, 0.1) is 11.6 Å². The maximum atomic E-state index is 15.2. The van der Waals surface area contributed by atoms with Gasteiger partial charge in [-0.3, -0.25) is 0 Å². The van der Waals surface area contributed by atoms with E-state index in [9.17, 15) is 5.26 Å². The minimum atomic E-state index is -0.213. The maximum absolute atomic E-state index is 15.2. The first-order chi connectivity index (χ1) is 17.5. The predicted molar refractivity (Wildman–Crippen MR) is 154 cm³/mol. The molecule has 2 heteroatoms. The Morgan fingerprint density at radius 1 is 0.622 bits per heavy atom. The Morgan fingerprint density at radius 2 is 1.27 bits per heavy atom. The molecular formula is C35H32FN. The molecule has 0 spiro atoms. The zero-order valence-electron chi connectivity index (χ0n) is 22.4. The monoisotopic (exact) mass is 485 g/mol. The van der Waals surface area contributed by atoms with Gasteiger partial charge in [-0.15, -0.1) is 0 Å². The maximum Gasteiger partial charge on any atom is 0.131 e. The van der Waals surface area contributed by atoms with Crippen molar-refractivity contribution in [1.29, 1.82) is 5.26 Å². The molecule has 0 fully saturated rings. The number of benzene rings is 5. The summed E-state index contributed by atoms with van der Waals surface area (Å²) in [6.45, 7) is 12.9. The quantitative estimate of drug-likeness (QED) is 0.244. The Hall–Kier alpha value is -3.96. The molecule has 0 unspecified atom stereocenters. The summed E-state index contributed by atoms with van der Waals surface area (Å²) in [5.74, 6) is -0.213. The van der Waals surface area contributed by atoms with Gasteiger partial charge in [-0.2, -0.15) is 5.26 Å². The van der Waals surface area contributed by atoms with Crippen LogP contribution < -0.4 is 0 Å². The summed E-state index contributed by atoms with van der Waals surface area (Å²) in [6.07, 6.45) is 0. The van der Waals surface area contributed by atoms with E-state index in [4.69, 9.17) is 0 Å². The fourth-order valence-corrected chi connectivity index (χ4v) is 5.37. The largest absolute Gasteiger partial charge is 0.206 e. The van der Waals surface area contributed by atoms with Gasteiger partial charge in [-0.05, 0) is 84.5 Å². The van der Waals surface area contributed by atoms with Gasteiger partial charge in [-0.25, -0.2) is 4.39 Å². The van der Waals surface area contributed by atoms with Crippen molar-refractivity contribution in [2.45, 2.75) is 52.4 Å². The number of nitriles is 1. The zero-order valence-corrected chi connectivity index (χ0v) is 22.4. The van der Waals surface area contributed by atoms with Crippen molar-refractivity contribution in [1.82, 2.24) is 0 Å². The van der Waals surface area contributed by atoms with Crippen LogP contribution in [0.2, 0.25) is 0 Å². The summed E-state index contributed by atoms with van der Waals surface area (Å²) < 4.78 is 15.2. The van der Waals surface area contributed by atoms with E-state index in [1.807, 2.05) is 42.5 Å². The third kappa shape index (κ3) is 4.40. The highest BCUT2D eigenvalue weighted by molar-refractivity contribution is 6.06. The molecule has 0 radical (unpaired) electrons. The average molecular weight is 486 g/mol. The Bertz CT molecular complexity index is 1700. The van der Waals surface area contributed by atoms with Crippen LogP contribution in [-0.4, -0.2) is 0 Å². The number of hydrogen-bond acceptors (Lipinski definition) is 1. The highest BCUT2D eigenvalue weighted by Crippen LogP contribution is 2.40. The molecule has 5 aromatic rings. The smallest absolute Gasteiger partial charge is 0.131 e. The highest BCUT2D eigenvalue weighted by Gasteiger charge is 2.22. The molecule has 0 aliphatic heterocycles. The molecule has 0 aromatic heterocycles. The summed E-state index contributed by atoms with van der Waals surface area (Å²) in [6, 6.07) is 30.7. The average Bonchev–Trinajstić information content (AvgIpc) is 2.86. The van der Waals surface area contributed by atoms with Gasteiger partial charge >= 0.3 is 0 Å². The molecule has 5 aromatic carbocycles. The SMILES string of the molecule is CC(C)(C)c1ccc(F)c(-c2ccc(-c3ccc4ccc(C#N)c(C(C)(C)C)c4c3)c3ccccc23)c1. The van der Waals surface area contributed by atoms with Crippen molar-refractivity contribution < 1.29 is 4.39 Å². The van der Waals surface area contributed by atoms with Crippen LogP contribution in [0.1, 0.15) is 58.2 Å². The summed E-state index contributed by atoms with van der Waals surface area (Å²) in [4.78, 5) is 0. The Morgan fingerprint density at radius 3 is 1.92 bits per heavy atom. The van der Waals surface area contributed by atoms with Crippen molar-refractivity contribution in [3.63, 3.8) is 0 Å². The van der Waals surface area contributed by atoms with Gasteiger partial charge in [0.1, 0.15) is 5.82 Å². The van der Waals surface area contributed by atoms with Crippen molar-refractivity contribution >= 4 is 21.5 Å². The van der Waals surface area contributed by atoms with Gasteiger partial charge in [-0.1, -0.05) is 102 Å². The van der Waals surface area contributed by atoms with Crippen molar-refractivity contribution in [3.05, 3.63) is 107 Å². The fourth-order valence-electron chi connectivity index (χ4n) is 5.37. The Balaban J connectivity index is 1.76. The summed E-state index contributed by atoms with van der Waals surface area (Å²) in [5.41, 5.74) is 6.34. The van der Waals surface area contributed by atoms with E-state index in [1.165, 1.54) is 0 Å². The molecular weight excluding hydrogens is 453 g/mol. The van der Waals surface area contributed by atoms with Crippen LogP contribution in [0.5, 0.6) is 0 Å². The topological polar surface area (TPSA) is 23.8 Å². The summed E-state index contributed by atoms with van der Waals surface area (Å²) in [5, 5.41) is 14.1. The van der Waals surface area contributed by atoms with Crippen molar-refractivity contribution in [2.75, 3.05) is 0 Å². The van der Waals surface area contributed by atoms with Crippen molar-refractivity contribution in [2.24, 2.45) is 0 Å². The molecule has 0 saturated carbocycles. The zero-order chi connectivity index (χ0) is 26.5. The van der Waals surface area contributed by atoms with Gasteiger partial charge in [0.15, 0.2) is 0 Å². The first kappa shape index (κ1) is 24.7. The van der Waals surface area contributed by atoms with Crippen LogP contribution >= 0.6 is 0 Å². The molecule has 0 aliphatic carbocycles. The van der Waals surface area contributed by atoms with Crippen molar-refractivity contribution in [3.8, 4) is 28.3 Å². The van der Waals surface area contributed by atoms with Gasteiger partial charge in [0.25, 0.3) is 0 Å². The Kier molecular flexibility index (Phi) is 5.92. The van der Waals surface area contributed by atoms with E-state index >= 15 is 4.39 Å². The highest BCUT2D eigenvalue weighted by atomic mass is 19.1. The van der Waals surface area contributed by atoms with Crippen LogP contribution in [0.25, 0.3) is 43.8 Å². The molecule has 0 N–H and O–H groups in total. The van der Waals surface area contributed by atoms with Gasteiger partial charge in [0, 0.05) is 5.56 Å². The minimum Gasteiger partial charge on any atom is -0.206 e. The lowest BCUT2D eigenvalue weighted by atomic mass is 9.80. The van der Waals surface area contributed by atoms with E-state index in [2.05, 4.69) is 84.0 Å². The lowest BCUT2D eigenvalue weighted by Crippen LogP contribution is -2.14. The van der Waals surface area contributed by atoms with E-state index in [1.54, 1.807) is 6.07 Å². The molecule has 1 nitrogen and oxygen atoms in total. The first-order valence-electron chi connectivity index (χ1n) is 12.8. The predicted octanol–water partition coefficient (Wildman–Crippen LogP) is 9.93. The van der Waals surface area contributed by atoms with Crippen LogP contribution in [0.4, 0.5) is 4.39 Å². The molecule has 0 atom stereocenters. The first-order valence-corrected chi connectivity index (χ1v) is 12.8. The number of hydrogen-bond donors (Lipinski definition) is 0. The minimum absolute atomic E-state index is 0.0731. The molecule has 184 valence electrons. The number of halogens is 1. The third-order valence-corrected chi connectivity index (χ3v) is 7.25. The fraction of sp³-hybridized carbons (Fsp3) is 0.229. The van der Waals surface area contributed by atoms with Crippen LogP contribution in [-0.2, 0) is 10.8 Å². The van der Waals surface area contributed by atoms with Crippen LogP contribution in [0.15, 0.2) is 84.9 Å². The Labute approximate surface area is 219 Å². The van der Waals surface area contributed by atoms with E-state index in [0.29, 0.717) is 11.1 Å². The second-order valence-corrected chi connectivity index (χ2v) is 11.9. The summed E-state index contributed by atoms with van der Waals surface area (Å²) in [7, 11) is 0. The molecule has 0 heterocycles. The second-order valence-electron chi connectivity index (χ2n) is 11.9. The van der Waals surface area contributed by atoms with E-state index < -0.39 is 0 Å². The molecule has 0 amide bonds. The molecule has 0 aliphatic rings. The molecule has 37 heavy (non-hydrogen) atoms. The van der Waals surface area contributed by atoms with E-state index in [-0.39, 0.29) is 16.6 Å². The molecule has 0 saturated heterocycles. The number of fused-ring (bicyclic) bond motifs is 2.